The van der Waals surface area contributed by atoms with E-state index in [1.807, 2.05) is 0 Å². The normalized spacial score (nSPS) is 11.5. The van der Waals surface area contributed by atoms with Gasteiger partial charge in [0.1, 0.15) is 0 Å². The minimum absolute atomic E-state index is 0.131. The Morgan fingerprint density at radius 3 is 2.25 bits per heavy atom. The molecule has 0 atom stereocenters. The monoisotopic (exact) mass is 393 g/mol. The third-order valence-electron chi connectivity index (χ3n) is 3.13. The first-order chi connectivity index (χ1) is 11.2. The van der Waals surface area contributed by atoms with Crippen LogP contribution in [0.5, 0.6) is 0 Å². The lowest BCUT2D eigenvalue weighted by atomic mass is 10.2. The molecular formula is C15H11Cl2F2NO3S. The quantitative estimate of drug-likeness (QED) is 0.836. The molecule has 0 aliphatic carbocycles. The van der Waals surface area contributed by atoms with Crippen molar-refractivity contribution in [1.82, 2.24) is 5.32 Å². The standard InChI is InChI=1S/C15H11Cl2F2NO3S/c16-11-4-1-10(13(17)7-11)8-20-14(21)9-2-5-12(6-3-9)24(22,23)15(18)19/h1-7,15H,8H2,(H,20,21). The van der Waals surface area contributed by atoms with Crippen molar-refractivity contribution in [2.75, 3.05) is 0 Å². The molecule has 0 aromatic heterocycles. The molecule has 128 valence electrons. The highest BCUT2D eigenvalue weighted by Crippen LogP contribution is 2.21. The molecule has 1 amide bonds. The summed E-state index contributed by atoms with van der Waals surface area (Å²) in [4.78, 5) is 11.5. The molecule has 0 spiro atoms. The van der Waals surface area contributed by atoms with E-state index >= 15 is 0 Å². The largest absolute Gasteiger partial charge is 0.348 e. The Labute approximate surface area is 147 Å². The van der Waals surface area contributed by atoms with Gasteiger partial charge in [0, 0.05) is 22.2 Å². The van der Waals surface area contributed by atoms with Gasteiger partial charge in [0.15, 0.2) is 0 Å². The van der Waals surface area contributed by atoms with Gasteiger partial charge in [-0.05, 0) is 42.0 Å². The number of benzene rings is 2. The van der Waals surface area contributed by atoms with Gasteiger partial charge in [-0.25, -0.2) is 8.42 Å². The Morgan fingerprint density at radius 2 is 1.71 bits per heavy atom. The Balaban J connectivity index is 2.08. The van der Waals surface area contributed by atoms with Crippen LogP contribution in [-0.4, -0.2) is 20.1 Å². The molecule has 0 aliphatic heterocycles. The van der Waals surface area contributed by atoms with Crippen LogP contribution in [0, 0.1) is 0 Å². The summed E-state index contributed by atoms with van der Waals surface area (Å²) in [6.07, 6.45) is 0. The molecule has 1 N–H and O–H groups in total. The van der Waals surface area contributed by atoms with Crippen molar-refractivity contribution in [2.24, 2.45) is 0 Å². The van der Waals surface area contributed by atoms with Crippen molar-refractivity contribution in [2.45, 2.75) is 17.2 Å². The lowest BCUT2D eigenvalue weighted by Gasteiger charge is -2.08. The zero-order valence-electron chi connectivity index (χ0n) is 12.0. The molecule has 0 aliphatic rings. The van der Waals surface area contributed by atoms with Crippen LogP contribution in [0.3, 0.4) is 0 Å². The SMILES string of the molecule is O=C(NCc1ccc(Cl)cc1Cl)c1ccc(S(=O)(=O)C(F)F)cc1. The summed E-state index contributed by atoms with van der Waals surface area (Å²) >= 11 is 11.8. The lowest BCUT2D eigenvalue weighted by Crippen LogP contribution is -2.23. The van der Waals surface area contributed by atoms with Crippen molar-refractivity contribution in [3.05, 3.63) is 63.6 Å². The number of sulfone groups is 1. The number of halogens is 4. The van der Waals surface area contributed by atoms with E-state index in [1.165, 1.54) is 6.07 Å². The van der Waals surface area contributed by atoms with Gasteiger partial charge in [-0.1, -0.05) is 29.3 Å². The number of rotatable bonds is 5. The van der Waals surface area contributed by atoms with E-state index in [1.54, 1.807) is 12.1 Å². The van der Waals surface area contributed by atoms with E-state index < -0.39 is 26.4 Å². The Kier molecular flexibility index (Phi) is 5.79. The molecular weight excluding hydrogens is 383 g/mol. The molecule has 2 aromatic rings. The molecule has 4 nitrogen and oxygen atoms in total. The van der Waals surface area contributed by atoms with Gasteiger partial charge >= 0.3 is 5.76 Å². The lowest BCUT2D eigenvalue weighted by molar-refractivity contribution is 0.0951. The van der Waals surface area contributed by atoms with E-state index in [2.05, 4.69) is 5.32 Å². The molecule has 0 radical (unpaired) electrons. The second kappa shape index (κ2) is 7.46. The van der Waals surface area contributed by atoms with Crippen LogP contribution in [0.1, 0.15) is 15.9 Å². The minimum Gasteiger partial charge on any atom is -0.348 e. The van der Waals surface area contributed by atoms with Gasteiger partial charge in [0.2, 0.25) is 9.84 Å². The Bertz CT molecular complexity index is 856. The maximum atomic E-state index is 12.4. The number of carbonyl (C=O) groups excluding carboxylic acids is 1. The summed E-state index contributed by atoms with van der Waals surface area (Å²) < 4.78 is 47.5. The van der Waals surface area contributed by atoms with Gasteiger partial charge in [0.05, 0.1) is 4.90 Å². The molecule has 24 heavy (non-hydrogen) atoms. The van der Waals surface area contributed by atoms with Crippen LogP contribution < -0.4 is 5.32 Å². The van der Waals surface area contributed by atoms with Gasteiger partial charge in [-0.15, -0.1) is 0 Å². The number of amides is 1. The van der Waals surface area contributed by atoms with Crippen molar-refractivity contribution in [1.29, 1.82) is 0 Å². The van der Waals surface area contributed by atoms with Crippen molar-refractivity contribution >= 4 is 38.9 Å². The average Bonchev–Trinajstić information content (AvgIpc) is 2.53. The third-order valence-corrected chi connectivity index (χ3v) is 5.12. The van der Waals surface area contributed by atoms with Crippen molar-refractivity contribution in [3.8, 4) is 0 Å². The van der Waals surface area contributed by atoms with E-state index in [-0.39, 0.29) is 12.1 Å². The summed E-state index contributed by atoms with van der Waals surface area (Å²) in [5, 5.41) is 3.45. The zero-order valence-corrected chi connectivity index (χ0v) is 14.3. The zero-order chi connectivity index (χ0) is 17.9. The molecule has 9 heteroatoms. The second-order valence-electron chi connectivity index (χ2n) is 4.75. The highest BCUT2D eigenvalue weighted by Gasteiger charge is 2.26. The van der Waals surface area contributed by atoms with Crippen LogP contribution in [0.4, 0.5) is 8.78 Å². The Morgan fingerprint density at radius 1 is 1.08 bits per heavy atom. The molecule has 0 saturated carbocycles. The highest BCUT2D eigenvalue weighted by atomic mass is 35.5. The number of alkyl halides is 2. The summed E-state index contributed by atoms with van der Waals surface area (Å²) in [6.45, 7) is 0.131. The van der Waals surface area contributed by atoms with Gasteiger partial charge in [-0.3, -0.25) is 4.79 Å². The molecule has 2 rings (SSSR count). The van der Waals surface area contributed by atoms with E-state index in [0.717, 1.165) is 24.3 Å². The summed E-state index contributed by atoms with van der Waals surface area (Å²) in [5.41, 5.74) is 0.777. The van der Waals surface area contributed by atoms with Crippen LogP contribution in [0.15, 0.2) is 47.4 Å². The predicted molar refractivity (Wildman–Crippen MR) is 87.3 cm³/mol. The minimum atomic E-state index is -4.68. The smallest absolute Gasteiger partial charge is 0.341 e. The summed E-state index contributed by atoms with van der Waals surface area (Å²) in [6, 6.07) is 9.07. The van der Waals surface area contributed by atoms with E-state index in [9.17, 15) is 22.0 Å². The van der Waals surface area contributed by atoms with Crippen molar-refractivity contribution < 1.29 is 22.0 Å². The topological polar surface area (TPSA) is 63.2 Å². The fraction of sp³-hybridized carbons (Fsp3) is 0.133. The van der Waals surface area contributed by atoms with Gasteiger partial charge in [-0.2, -0.15) is 8.78 Å². The maximum absolute atomic E-state index is 12.4. The van der Waals surface area contributed by atoms with Crippen LogP contribution >= 0.6 is 23.2 Å². The molecule has 2 aromatic carbocycles. The highest BCUT2D eigenvalue weighted by molar-refractivity contribution is 7.91. The van der Waals surface area contributed by atoms with E-state index in [0.29, 0.717) is 15.6 Å². The predicted octanol–water partition coefficient (Wildman–Crippen LogP) is 3.92. The fourth-order valence-corrected chi connectivity index (χ4v) is 3.04. The molecule has 0 fully saturated rings. The molecule has 0 bridgehead atoms. The first-order valence-electron chi connectivity index (χ1n) is 6.56. The van der Waals surface area contributed by atoms with Crippen molar-refractivity contribution in [3.63, 3.8) is 0 Å². The van der Waals surface area contributed by atoms with Gasteiger partial charge < -0.3 is 5.32 Å². The molecule has 0 heterocycles. The maximum Gasteiger partial charge on any atom is 0.341 e. The second-order valence-corrected chi connectivity index (χ2v) is 7.51. The summed E-state index contributed by atoms with van der Waals surface area (Å²) in [7, 11) is -4.68. The van der Waals surface area contributed by atoms with Crippen LogP contribution in [-0.2, 0) is 16.4 Å². The first-order valence-corrected chi connectivity index (χ1v) is 8.86. The summed E-state index contributed by atoms with van der Waals surface area (Å²) in [5.74, 6) is -4.01. The number of carbonyl (C=O) groups is 1. The van der Waals surface area contributed by atoms with E-state index in [4.69, 9.17) is 23.2 Å². The molecule has 0 unspecified atom stereocenters. The third kappa shape index (κ3) is 4.23. The first kappa shape index (κ1) is 18.6. The fourth-order valence-electron chi connectivity index (χ4n) is 1.84. The Hall–Kier alpha value is -1.70. The van der Waals surface area contributed by atoms with Crippen LogP contribution in [0.2, 0.25) is 10.0 Å². The number of hydrogen-bond donors (Lipinski definition) is 1. The number of nitrogens with one attached hydrogen (secondary N) is 1. The number of hydrogen-bond acceptors (Lipinski definition) is 3. The molecule has 0 saturated heterocycles. The van der Waals surface area contributed by atoms with Gasteiger partial charge in [0.25, 0.3) is 5.91 Å². The van der Waals surface area contributed by atoms with Crippen LogP contribution in [0.25, 0.3) is 0 Å². The average molecular weight is 394 g/mol.